The molecule has 0 spiro atoms. The summed E-state index contributed by atoms with van der Waals surface area (Å²) in [5.41, 5.74) is 4.97. The van der Waals surface area contributed by atoms with E-state index >= 15 is 0 Å². The number of amides is 1. The Morgan fingerprint density at radius 1 is 1.47 bits per heavy atom. The molecule has 1 amide bonds. The van der Waals surface area contributed by atoms with Crippen molar-refractivity contribution in [3.8, 4) is 0 Å². The summed E-state index contributed by atoms with van der Waals surface area (Å²) in [4.78, 5) is 33.4. The number of Topliss-reactive ketones (excluding diaryl/α,β-unsaturated/α-hetero) is 1. The van der Waals surface area contributed by atoms with E-state index < -0.39 is 5.91 Å². The SMILES string of the molecule is C[C@@H]1CC(=O)CC[C@@H]1C(=O)OCCCC(N)=O. The van der Waals surface area contributed by atoms with Crippen molar-refractivity contribution in [1.82, 2.24) is 0 Å². The van der Waals surface area contributed by atoms with Crippen molar-refractivity contribution in [2.75, 3.05) is 6.61 Å². The Balaban J connectivity index is 2.27. The molecule has 1 aliphatic carbocycles. The molecule has 5 heteroatoms. The molecule has 0 aliphatic heterocycles. The standard InChI is InChI=1S/C12H19NO4/c1-8-7-9(14)4-5-10(8)12(16)17-6-2-3-11(13)15/h8,10H,2-7H2,1H3,(H2,13,15)/t8-,10+/m1/s1. The molecule has 0 bridgehead atoms. The normalized spacial score (nSPS) is 24.4. The number of rotatable bonds is 5. The summed E-state index contributed by atoms with van der Waals surface area (Å²) in [6, 6.07) is 0. The number of ketones is 1. The number of nitrogens with two attached hydrogens (primary N) is 1. The molecule has 5 nitrogen and oxygen atoms in total. The molecule has 0 aromatic heterocycles. The van der Waals surface area contributed by atoms with Gasteiger partial charge in [-0.1, -0.05) is 6.92 Å². The third-order valence-corrected chi connectivity index (χ3v) is 3.09. The summed E-state index contributed by atoms with van der Waals surface area (Å²) in [6.45, 7) is 2.12. The van der Waals surface area contributed by atoms with Crippen LogP contribution in [0.1, 0.15) is 39.0 Å². The number of hydrogen-bond donors (Lipinski definition) is 1. The predicted octanol–water partition coefficient (Wildman–Crippen LogP) is 0.800. The first-order valence-corrected chi connectivity index (χ1v) is 5.97. The van der Waals surface area contributed by atoms with Crippen molar-refractivity contribution >= 4 is 17.7 Å². The fraction of sp³-hybridized carbons (Fsp3) is 0.750. The van der Waals surface area contributed by atoms with Gasteiger partial charge in [-0.15, -0.1) is 0 Å². The number of ether oxygens (including phenoxy) is 1. The minimum Gasteiger partial charge on any atom is -0.465 e. The third kappa shape index (κ3) is 4.54. The van der Waals surface area contributed by atoms with E-state index in [9.17, 15) is 14.4 Å². The summed E-state index contributed by atoms with van der Waals surface area (Å²) in [6.07, 6.45) is 2.19. The van der Waals surface area contributed by atoms with E-state index in [-0.39, 0.29) is 36.6 Å². The first-order valence-electron chi connectivity index (χ1n) is 5.97. The van der Waals surface area contributed by atoms with Crippen molar-refractivity contribution in [2.45, 2.75) is 39.0 Å². The fourth-order valence-electron chi connectivity index (χ4n) is 2.08. The van der Waals surface area contributed by atoms with Gasteiger partial charge in [0.25, 0.3) is 0 Å². The van der Waals surface area contributed by atoms with Crippen LogP contribution < -0.4 is 5.73 Å². The van der Waals surface area contributed by atoms with Gasteiger partial charge in [-0.05, 0) is 18.8 Å². The number of hydrogen-bond acceptors (Lipinski definition) is 4. The van der Waals surface area contributed by atoms with E-state index in [0.717, 1.165) is 0 Å². The Morgan fingerprint density at radius 3 is 2.76 bits per heavy atom. The van der Waals surface area contributed by atoms with Crippen molar-refractivity contribution in [1.29, 1.82) is 0 Å². The van der Waals surface area contributed by atoms with E-state index in [1.807, 2.05) is 6.92 Å². The van der Waals surface area contributed by atoms with Crippen LogP contribution in [0.5, 0.6) is 0 Å². The number of esters is 1. The molecule has 2 N–H and O–H groups in total. The Hall–Kier alpha value is -1.39. The summed E-state index contributed by atoms with van der Waals surface area (Å²) in [5, 5.41) is 0. The molecule has 0 aromatic carbocycles. The average molecular weight is 241 g/mol. The van der Waals surface area contributed by atoms with Crippen LogP contribution in [0.15, 0.2) is 0 Å². The van der Waals surface area contributed by atoms with Crippen molar-refractivity contribution in [3.05, 3.63) is 0 Å². The zero-order valence-electron chi connectivity index (χ0n) is 10.1. The third-order valence-electron chi connectivity index (χ3n) is 3.09. The highest BCUT2D eigenvalue weighted by atomic mass is 16.5. The molecule has 1 aliphatic rings. The van der Waals surface area contributed by atoms with E-state index in [1.54, 1.807) is 0 Å². The van der Waals surface area contributed by atoms with Crippen LogP contribution in [0, 0.1) is 11.8 Å². The minimum absolute atomic E-state index is 0.0555. The Morgan fingerprint density at radius 2 is 2.18 bits per heavy atom. The van der Waals surface area contributed by atoms with Gasteiger partial charge < -0.3 is 10.5 Å². The van der Waals surface area contributed by atoms with Gasteiger partial charge in [0.1, 0.15) is 5.78 Å². The maximum absolute atomic E-state index is 11.7. The average Bonchev–Trinajstić information content (AvgIpc) is 2.23. The fourth-order valence-corrected chi connectivity index (χ4v) is 2.08. The van der Waals surface area contributed by atoms with Crippen LogP contribution in [0.25, 0.3) is 0 Å². The molecule has 1 saturated carbocycles. The van der Waals surface area contributed by atoms with Crippen LogP contribution in [0.4, 0.5) is 0 Å². The monoisotopic (exact) mass is 241 g/mol. The lowest BCUT2D eigenvalue weighted by atomic mass is 9.80. The molecular weight excluding hydrogens is 222 g/mol. The van der Waals surface area contributed by atoms with Gasteiger partial charge in [-0.2, -0.15) is 0 Å². The number of primary amides is 1. The zero-order valence-corrected chi connectivity index (χ0v) is 10.1. The maximum Gasteiger partial charge on any atom is 0.309 e. The summed E-state index contributed by atoms with van der Waals surface area (Å²) < 4.78 is 5.08. The van der Waals surface area contributed by atoms with Crippen LogP contribution >= 0.6 is 0 Å². The van der Waals surface area contributed by atoms with Gasteiger partial charge in [0.15, 0.2) is 0 Å². The highest BCUT2D eigenvalue weighted by Crippen LogP contribution is 2.28. The smallest absolute Gasteiger partial charge is 0.309 e. The summed E-state index contributed by atoms with van der Waals surface area (Å²) >= 11 is 0. The molecule has 0 aromatic rings. The second kappa shape index (κ2) is 6.37. The lowest BCUT2D eigenvalue weighted by molar-refractivity contribution is -0.152. The lowest BCUT2D eigenvalue weighted by Gasteiger charge is -2.25. The second-order valence-electron chi connectivity index (χ2n) is 4.60. The molecule has 0 radical (unpaired) electrons. The highest BCUT2D eigenvalue weighted by molar-refractivity contribution is 5.83. The molecule has 2 atom stereocenters. The molecule has 17 heavy (non-hydrogen) atoms. The molecule has 0 saturated heterocycles. The van der Waals surface area contributed by atoms with E-state index in [0.29, 0.717) is 25.7 Å². The van der Waals surface area contributed by atoms with Crippen LogP contribution in [0.2, 0.25) is 0 Å². The Bertz CT molecular complexity index is 314. The largest absolute Gasteiger partial charge is 0.465 e. The Kier molecular flexibility index (Phi) is 5.12. The second-order valence-corrected chi connectivity index (χ2v) is 4.60. The van der Waals surface area contributed by atoms with Crippen molar-refractivity contribution < 1.29 is 19.1 Å². The van der Waals surface area contributed by atoms with Gasteiger partial charge in [-0.25, -0.2) is 0 Å². The van der Waals surface area contributed by atoms with Crippen molar-refractivity contribution in [3.63, 3.8) is 0 Å². The number of carbonyl (C=O) groups is 3. The summed E-state index contributed by atoms with van der Waals surface area (Å²) in [5.74, 6) is -0.552. The van der Waals surface area contributed by atoms with Crippen LogP contribution in [-0.4, -0.2) is 24.3 Å². The molecule has 0 heterocycles. The van der Waals surface area contributed by atoms with Gasteiger partial charge >= 0.3 is 5.97 Å². The molecule has 1 fully saturated rings. The summed E-state index contributed by atoms with van der Waals surface area (Å²) in [7, 11) is 0. The van der Waals surface area contributed by atoms with Gasteiger partial charge in [0.05, 0.1) is 12.5 Å². The quantitative estimate of drug-likeness (QED) is 0.569. The maximum atomic E-state index is 11.7. The number of carbonyl (C=O) groups excluding carboxylic acids is 3. The molecule has 0 unspecified atom stereocenters. The lowest BCUT2D eigenvalue weighted by Crippen LogP contribution is -2.30. The van der Waals surface area contributed by atoms with E-state index in [4.69, 9.17) is 10.5 Å². The highest BCUT2D eigenvalue weighted by Gasteiger charge is 2.32. The van der Waals surface area contributed by atoms with Gasteiger partial charge in [-0.3, -0.25) is 14.4 Å². The molecule has 96 valence electrons. The van der Waals surface area contributed by atoms with Crippen LogP contribution in [0.3, 0.4) is 0 Å². The Labute approximate surface area is 101 Å². The van der Waals surface area contributed by atoms with Crippen LogP contribution in [-0.2, 0) is 19.1 Å². The van der Waals surface area contributed by atoms with E-state index in [1.165, 1.54) is 0 Å². The zero-order chi connectivity index (χ0) is 12.8. The predicted molar refractivity (Wildman–Crippen MR) is 60.9 cm³/mol. The molecular formula is C12H19NO4. The first kappa shape index (κ1) is 13.7. The van der Waals surface area contributed by atoms with E-state index in [2.05, 4.69) is 0 Å². The first-order chi connectivity index (χ1) is 8.00. The minimum atomic E-state index is -0.391. The molecule has 1 rings (SSSR count). The van der Waals surface area contributed by atoms with Gasteiger partial charge in [0.2, 0.25) is 5.91 Å². The topological polar surface area (TPSA) is 86.5 Å². The van der Waals surface area contributed by atoms with Crippen molar-refractivity contribution in [2.24, 2.45) is 17.6 Å². The van der Waals surface area contributed by atoms with Gasteiger partial charge in [0, 0.05) is 19.3 Å².